The zero-order chi connectivity index (χ0) is 12.3. The molecule has 0 spiro atoms. The number of nitrogens with zero attached hydrogens (tertiary/aromatic N) is 1. The molecule has 16 heavy (non-hydrogen) atoms. The van der Waals surface area contributed by atoms with Gasteiger partial charge in [0.15, 0.2) is 6.29 Å². The molecule has 0 amide bonds. The van der Waals surface area contributed by atoms with Crippen LogP contribution in [0.2, 0.25) is 5.02 Å². The average molecular weight is 252 g/mol. The highest BCUT2D eigenvalue weighted by atomic mass is 35.5. The molecule has 6 heteroatoms. The second-order valence-electron chi connectivity index (χ2n) is 3.26. The third-order valence-electron chi connectivity index (χ3n) is 1.98. The molecule has 0 aliphatic rings. The molecule has 88 valence electrons. The Labute approximate surface area is 95.6 Å². The molecule has 0 aromatic heterocycles. The maximum Gasteiger partial charge on any atom is 0.405 e. The van der Waals surface area contributed by atoms with Crippen LogP contribution in [0.3, 0.4) is 0 Å². The number of carbonyl (C=O) groups excluding carboxylic acids is 1. The molecule has 0 heterocycles. The first-order valence-electron chi connectivity index (χ1n) is 4.36. The lowest BCUT2D eigenvalue weighted by Gasteiger charge is -2.22. The molecule has 0 atom stereocenters. The molecule has 0 saturated heterocycles. The predicted molar refractivity (Wildman–Crippen MR) is 56.2 cm³/mol. The van der Waals surface area contributed by atoms with Crippen molar-refractivity contribution >= 4 is 23.6 Å². The fourth-order valence-corrected chi connectivity index (χ4v) is 1.54. The molecular weight excluding hydrogens is 243 g/mol. The minimum Gasteiger partial charge on any atom is -0.365 e. The number of anilines is 1. The van der Waals surface area contributed by atoms with Crippen molar-refractivity contribution in [3.05, 3.63) is 28.8 Å². The molecule has 0 radical (unpaired) electrons. The Kier molecular flexibility index (Phi) is 3.80. The summed E-state index contributed by atoms with van der Waals surface area (Å²) in [5.41, 5.74) is 0.232. The van der Waals surface area contributed by atoms with E-state index >= 15 is 0 Å². The van der Waals surface area contributed by atoms with Crippen molar-refractivity contribution in [3.63, 3.8) is 0 Å². The van der Waals surface area contributed by atoms with Gasteiger partial charge in [0.2, 0.25) is 0 Å². The summed E-state index contributed by atoms with van der Waals surface area (Å²) in [7, 11) is 1.26. The van der Waals surface area contributed by atoms with Gasteiger partial charge in [-0.25, -0.2) is 0 Å². The molecule has 0 aliphatic carbocycles. The van der Waals surface area contributed by atoms with E-state index in [0.717, 1.165) is 4.90 Å². The van der Waals surface area contributed by atoms with E-state index in [1.807, 2.05) is 0 Å². The topological polar surface area (TPSA) is 20.3 Å². The van der Waals surface area contributed by atoms with Crippen LogP contribution in [-0.4, -0.2) is 26.1 Å². The summed E-state index contributed by atoms with van der Waals surface area (Å²) in [5, 5.41) is 0.140. The Hall–Kier alpha value is -1.23. The first-order valence-corrected chi connectivity index (χ1v) is 4.74. The van der Waals surface area contributed by atoms with Gasteiger partial charge in [0.25, 0.3) is 0 Å². The van der Waals surface area contributed by atoms with Crippen LogP contribution in [0.1, 0.15) is 10.4 Å². The second kappa shape index (κ2) is 4.74. The van der Waals surface area contributed by atoms with E-state index in [2.05, 4.69) is 0 Å². The Morgan fingerprint density at radius 3 is 2.56 bits per heavy atom. The molecular formula is C10H9ClF3NO. The molecule has 0 bridgehead atoms. The zero-order valence-electron chi connectivity index (χ0n) is 8.38. The van der Waals surface area contributed by atoms with Crippen LogP contribution in [0.15, 0.2) is 18.2 Å². The number of aldehydes is 1. The molecule has 1 aromatic carbocycles. The fraction of sp³-hybridized carbons (Fsp3) is 0.300. The number of hydrogen-bond donors (Lipinski definition) is 0. The van der Waals surface area contributed by atoms with E-state index in [-0.39, 0.29) is 16.3 Å². The lowest BCUT2D eigenvalue weighted by atomic mass is 10.2. The molecule has 2 nitrogen and oxygen atoms in total. The van der Waals surface area contributed by atoms with Gasteiger partial charge in [-0.15, -0.1) is 0 Å². The van der Waals surface area contributed by atoms with E-state index < -0.39 is 12.7 Å². The van der Waals surface area contributed by atoms with Crippen molar-refractivity contribution in [2.75, 3.05) is 18.5 Å². The van der Waals surface area contributed by atoms with Crippen LogP contribution in [-0.2, 0) is 0 Å². The molecule has 0 saturated carbocycles. The zero-order valence-corrected chi connectivity index (χ0v) is 9.14. The Morgan fingerprint density at radius 1 is 1.44 bits per heavy atom. The van der Waals surface area contributed by atoms with Gasteiger partial charge in [-0.2, -0.15) is 13.2 Å². The maximum atomic E-state index is 12.2. The molecule has 0 N–H and O–H groups in total. The van der Waals surface area contributed by atoms with Crippen LogP contribution < -0.4 is 4.90 Å². The lowest BCUT2D eigenvalue weighted by Crippen LogP contribution is -2.31. The van der Waals surface area contributed by atoms with Crippen LogP contribution in [0.4, 0.5) is 18.9 Å². The minimum absolute atomic E-state index is 0.0657. The smallest absolute Gasteiger partial charge is 0.365 e. The molecule has 1 aromatic rings. The minimum atomic E-state index is -4.32. The van der Waals surface area contributed by atoms with Gasteiger partial charge in [-0.1, -0.05) is 17.7 Å². The molecule has 0 fully saturated rings. The van der Waals surface area contributed by atoms with E-state index in [0.29, 0.717) is 6.29 Å². The second-order valence-corrected chi connectivity index (χ2v) is 3.67. The van der Waals surface area contributed by atoms with Crippen LogP contribution in [0.5, 0.6) is 0 Å². The summed E-state index contributed by atoms with van der Waals surface area (Å²) >= 11 is 5.71. The Morgan fingerprint density at radius 2 is 2.06 bits per heavy atom. The average Bonchev–Trinajstić information content (AvgIpc) is 2.14. The van der Waals surface area contributed by atoms with Gasteiger partial charge < -0.3 is 4.90 Å². The number of benzene rings is 1. The van der Waals surface area contributed by atoms with Crippen molar-refractivity contribution in [2.45, 2.75) is 6.18 Å². The summed E-state index contributed by atoms with van der Waals surface area (Å²) < 4.78 is 36.5. The van der Waals surface area contributed by atoms with Crippen molar-refractivity contribution < 1.29 is 18.0 Å². The number of hydrogen-bond acceptors (Lipinski definition) is 2. The van der Waals surface area contributed by atoms with Crippen molar-refractivity contribution in [1.29, 1.82) is 0 Å². The van der Waals surface area contributed by atoms with Crippen LogP contribution in [0, 0.1) is 0 Å². The third kappa shape index (κ3) is 3.13. The summed E-state index contributed by atoms with van der Waals surface area (Å²) in [4.78, 5) is 11.7. The number of rotatable bonds is 3. The number of carbonyl (C=O) groups is 1. The lowest BCUT2D eigenvalue weighted by molar-refractivity contribution is -0.119. The first kappa shape index (κ1) is 12.8. The predicted octanol–water partition coefficient (Wildman–Crippen LogP) is 3.15. The Bertz CT molecular complexity index is 392. The summed E-state index contributed by atoms with van der Waals surface area (Å²) in [5.74, 6) is 0. The quantitative estimate of drug-likeness (QED) is 0.769. The van der Waals surface area contributed by atoms with E-state index in [4.69, 9.17) is 11.6 Å². The Balaban J connectivity index is 3.04. The standard InChI is InChI=1S/C10H9ClF3NO/c1-15(6-10(12,13)14)9-4-2-3-8(11)7(9)5-16/h2-5H,6H2,1H3. The van der Waals surface area contributed by atoms with Gasteiger partial charge in [0.1, 0.15) is 6.54 Å². The molecule has 0 aliphatic heterocycles. The summed E-state index contributed by atoms with van der Waals surface area (Å²) in [6, 6.07) is 4.37. The third-order valence-corrected chi connectivity index (χ3v) is 2.31. The van der Waals surface area contributed by atoms with Crippen LogP contribution >= 0.6 is 11.6 Å². The largest absolute Gasteiger partial charge is 0.405 e. The highest BCUT2D eigenvalue weighted by molar-refractivity contribution is 6.33. The van der Waals surface area contributed by atoms with Crippen molar-refractivity contribution in [2.24, 2.45) is 0 Å². The van der Waals surface area contributed by atoms with Crippen molar-refractivity contribution in [3.8, 4) is 0 Å². The normalized spacial score (nSPS) is 11.3. The van der Waals surface area contributed by atoms with Crippen LogP contribution in [0.25, 0.3) is 0 Å². The number of alkyl halides is 3. The van der Waals surface area contributed by atoms with E-state index in [1.165, 1.54) is 25.2 Å². The van der Waals surface area contributed by atoms with Gasteiger partial charge in [-0.05, 0) is 12.1 Å². The van der Waals surface area contributed by atoms with Gasteiger partial charge in [-0.3, -0.25) is 4.79 Å². The number of halogens is 4. The SMILES string of the molecule is CN(CC(F)(F)F)c1cccc(Cl)c1C=O. The highest BCUT2D eigenvalue weighted by Gasteiger charge is 2.30. The van der Waals surface area contributed by atoms with Gasteiger partial charge in [0.05, 0.1) is 10.6 Å². The van der Waals surface area contributed by atoms with E-state index in [9.17, 15) is 18.0 Å². The van der Waals surface area contributed by atoms with Gasteiger partial charge >= 0.3 is 6.18 Å². The molecule has 0 unspecified atom stereocenters. The fourth-order valence-electron chi connectivity index (χ4n) is 1.33. The summed E-state index contributed by atoms with van der Waals surface area (Å²) in [6.45, 7) is -1.13. The van der Waals surface area contributed by atoms with Gasteiger partial charge in [0, 0.05) is 12.7 Å². The monoisotopic (exact) mass is 251 g/mol. The highest BCUT2D eigenvalue weighted by Crippen LogP contribution is 2.27. The maximum absolute atomic E-state index is 12.2. The van der Waals surface area contributed by atoms with E-state index in [1.54, 1.807) is 0 Å². The van der Waals surface area contributed by atoms with Crippen molar-refractivity contribution in [1.82, 2.24) is 0 Å². The first-order chi connectivity index (χ1) is 7.35. The summed E-state index contributed by atoms with van der Waals surface area (Å²) in [6.07, 6.45) is -3.87. The molecule has 1 rings (SSSR count).